The van der Waals surface area contributed by atoms with E-state index in [1.165, 1.54) is 5.56 Å². The van der Waals surface area contributed by atoms with Crippen LogP contribution in [-0.4, -0.2) is 39.3 Å². The Kier molecular flexibility index (Phi) is 8.36. The summed E-state index contributed by atoms with van der Waals surface area (Å²) in [5.41, 5.74) is 1.18. The number of carbonyl (C=O) groups excluding carboxylic acids is 1. The van der Waals surface area contributed by atoms with E-state index < -0.39 is 0 Å². The summed E-state index contributed by atoms with van der Waals surface area (Å²) < 4.78 is 10.5. The normalized spacial score (nSPS) is 11.8. The molecule has 1 atom stereocenters. The van der Waals surface area contributed by atoms with E-state index in [4.69, 9.17) is 9.47 Å². The van der Waals surface area contributed by atoms with E-state index in [0.29, 0.717) is 13.0 Å². The third-order valence-electron chi connectivity index (χ3n) is 3.59. The zero-order valence-electron chi connectivity index (χ0n) is 14.1. The lowest BCUT2D eigenvalue weighted by Gasteiger charge is -2.12. The molecule has 5 nitrogen and oxygen atoms in total. The summed E-state index contributed by atoms with van der Waals surface area (Å²) >= 11 is 0. The van der Waals surface area contributed by atoms with Gasteiger partial charge in [0.1, 0.15) is 0 Å². The summed E-state index contributed by atoms with van der Waals surface area (Å²) in [5.74, 6) is 1.59. The van der Waals surface area contributed by atoms with Gasteiger partial charge in [-0.05, 0) is 44.0 Å². The van der Waals surface area contributed by atoms with Crippen molar-refractivity contribution in [3.63, 3.8) is 0 Å². The standard InChI is InChI=1S/C17H28N2O3/c1-5-13(2)19-17(20)9-11-18-10-8-14-6-7-15(21-3)16(12-14)22-4/h6-7,12-13,18H,5,8-11H2,1-4H3,(H,19,20). The number of nitrogens with one attached hydrogen (secondary N) is 2. The number of methoxy groups -OCH3 is 2. The molecule has 0 aliphatic heterocycles. The molecule has 1 unspecified atom stereocenters. The number of carbonyl (C=O) groups is 1. The molecular weight excluding hydrogens is 280 g/mol. The van der Waals surface area contributed by atoms with Crippen molar-refractivity contribution in [2.75, 3.05) is 27.3 Å². The van der Waals surface area contributed by atoms with Crippen LogP contribution in [0.3, 0.4) is 0 Å². The molecule has 1 rings (SSSR count). The molecule has 0 saturated carbocycles. The van der Waals surface area contributed by atoms with E-state index in [9.17, 15) is 4.79 Å². The first-order valence-electron chi connectivity index (χ1n) is 7.81. The minimum atomic E-state index is 0.105. The van der Waals surface area contributed by atoms with Crippen molar-refractivity contribution in [2.45, 2.75) is 39.2 Å². The van der Waals surface area contributed by atoms with Gasteiger partial charge in [-0.3, -0.25) is 4.79 Å². The van der Waals surface area contributed by atoms with E-state index in [2.05, 4.69) is 17.6 Å². The molecule has 22 heavy (non-hydrogen) atoms. The minimum Gasteiger partial charge on any atom is -0.493 e. The highest BCUT2D eigenvalue weighted by atomic mass is 16.5. The van der Waals surface area contributed by atoms with Crippen molar-refractivity contribution in [1.82, 2.24) is 10.6 Å². The van der Waals surface area contributed by atoms with Crippen LogP contribution in [0.4, 0.5) is 0 Å². The zero-order valence-corrected chi connectivity index (χ0v) is 14.1. The first-order chi connectivity index (χ1) is 10.6. The second-order valence-corrected chi connectivity index (χ2v) is 5.32. The van der Waals surface area contributed by atoms with Gasteiger partial charge in [-0.25, -0.2) is 0 Å². The lowest BCUT2D eigenvalue weighted by molar-refractivity contribution is -0.121. The van der Waals surface area contributed by atoms with E-state index in [0.717, 1.165) is 30.9 Å². The molecule has 1 amide bonds. The number of ether oxygens (including phenoxy) is 2. The van der Waals surface area contributed by atoms with Gasteiger partial charge >= 0.3 is 0 Å². The maximum Gasteiger partial charge on any atom is 0.221 e. The molecular formula is C17H28N2O3. The Bertz CT molecular complexity index is 463. The minimum absolute atomic E-state index is 0.105. The fraction of sp³-hybridized carbons (Fsp3) is 0.588. The van der Waals surface area contributed by atoms with E-state index in [-0.39, 0.29) is 11.9 Å². The molecule has 2 N–H and O–H groups in total. The average Bonchev–Trinajstić information content (AvgIpc) is 2.54. The van der Waals surface area contributed by atoms with Crippen LogP contribution in [-0.2, 0) is 11.2 Å². The molecule has 0 saturated heterocycles. The van der Waals surface area contributed by atoms with Gasteiger partial charge in [0.25, 0.3) is 0 Å². The zero-order chi connectivity index (χ0) is 16.4. The van der Waals surface area contributed by atoms with Crippen LogP contribution in [0.25, 0.3) is 0 Å². The molecule has 0 radical (unpaired) electrons. The smallest absolute Gasteiger partial charge is 0.221 e. The fourth-order valence-corrected chi connectivity index (χ4v) is 2.04. The Morgan fingerprint density at radius 2 is 1.91 bits per heavy atom. The number of amides is 1. The lowest BCUT2D eigenvalue weighted by Crippen LogP contribution is -2.34. The number of hydrogen-bond donors (Lipinski definition) is 2. The third-order valence-corrected chi connectivity index (χ3v) is 3.59. The SMILES string of the molecule is CCC(C)NC(=O)CCNCCc1ccc(OC)c(OC)c1. The first kappa shape index (κ1) is 18.3. The van der Waals surface area contributed by atoms with Crippen LogP contribution < -0.4 is 20.1 Å². The first-order valence-corrected chi connectivity index (χ1v) is 7.81. The van der Waals surface area contributed by atoms with Crippen LogP contribution in [0, 0.1) is 0 Å². The Morgan fingerprint density at radius 1 is 1.18 bits per heavy atom. The van der Waals surface area contributed by atoms with Crippen molar-refractivity contribution in [3.05, 3.63) is 23.8 Å². The maximum atomic E-state index is 11.6. The van der Waals surface area contributed by atoms with Gasteiger partial charge in [0, 0.05) is 19.0 Å². The van der Waals surface area contributed by atoms with Crippen LogP contribution in [0.1, 0.15) is 32.3 Å². The van der Waals surface area contributed by atoms with Gasteiger partial charge in [0.15, 0.2) is 11.5 Å². The number of benzene rings is 1. The van der Waals surface area contributed by atoms with Crippen LogP contribution in [0.5, 0.6) is 11.5 Å². The van der Waals surface area contributed by atoms with Gasteiger partial charge in [-0.15, -0.1) is 0 Å². The lowest BCUT2D eigenvalue weighted by atomic mass is 10.1. The molecule has 1 aromatic carbocycles. The summed E-state index contributed by atoms with van der Waals surface area (Å²) in [6.45, 7) is 5.59. The molecule has 0 aromatic heterocycles. The van der Waals surface area contributed by atoms with Crippen molar-refractivity contribution in [3.8, 4) is 11.5 Å². The quantitative estimate of drug-likeness (QED) is 0.650. The summed E-state index contributed by atoms with van der Waals surface area (Å²) in [6, 6.07) is 6.17. The molecule has 0 spiro atoms. The Labute approximate surface area is 133 Å². The number of rotatable bonds is 10. The Balaban J connectivity index is 2.26. The van der Waals surface area contributed by atoms with Crippen LogP contribution in [0.15, 0.2) is 18.2 Å². The third kappa shape index (κ3) is 6.35. The van der Waals surface area contributed by atoms with E-state index >= 15 is 0 Å². The summed E-state index contributed by atoms with van der Waals surface area (Å²) in [4.78, 5) is 11.6. The van der Waals surface area contributed by atoms with E-state index in [1.807, 2.05) is 25.1 Å². The monoisotopic (exact) mass is 308 g/mol. The van der Waals surface area contributed by atoms with Crippen LogP contribution >= 0.6 is 0 Å². The van der Waals surface area contributed by atoms with Gasteiger partial charge in [-0.1, -0.05) is 13.0 Å². The molecule has 0 fully saturated rings. The topological polar surface area (TPSA) is 59.6 Å². The Hall–Kier alpha value is -1.75. The average molecular weight is 308 g/mol. The van der Waals surface area contributed by atoms with E-state index in [1.54, 1.807) is 14.2 Å². The molecule has 124 valence electrons. The van der Waals surface area contributed by atoms with Gasteiger partial charge in [-0.2, -0.15) is 0 Å². The molecule has 5 heteroatoms. The summed E-state index contributed by atoms with van der Waals surface area (Å²) in [5, 5.41) is 6.25. The van der Waals surface area contributed by atoms with Crippen molar-refractivity contribution in [1.29, 1.82) is 0 Å². The highest BCUT2D eigenvalue weighted by Crippen LogP contribution is 2.27. The van der Waals surface area contributed by atoms with Crippen molar-refractivity contribution in [2.24, 2.45) is 0 Å². The number of hydrogen-bond acceptors (Lipinski definition) is 4. The van der Waals surface area contributed by atoms with Crippen molar-refractivity contribution < 1.29 is 14.3 Å². The highest BCUT2D eigenvalue weighted by Gasteiger charge is 2.06. The highest BCUT2D eigenvalue weighted by molar-refractivity contribution is 5.76. The summed E-state index contributed by atoms with van der Waals surface area (Å²) in [6.07, 6.45) is 2.35. The predicted octanol–water partition coefficient (Wildman–Crippen LogP) is 2.14. The molecule has 0 aliphatic rings. The Morgan fingerprint density at radius 3 is 2.55 bits per heavy atom. The van der Waals surface area contributed by atoms with Gasteiger partial charge in [0.2, 0.25) is 5.91 Å². The fourth-order valence-electron chi connectivity index (χ4n) is 2.04. The second-order valence-electron chi connectivity index (χ2n) is 5.32. The second kappa shape index (κ2) is 10.1. The summed E-state index contributed by atoms with van der Waals surface area (Å²) in [7, 11) is 3.26. The van der Waals surface area contributed by atoms with Gasteiger partial charge < -0.3 is 20.1 Å². The molecule has 0 aliphatic carbocycles. The van der Waals surface area contributed by atoms with Crippen molar-refractivity contribution >= 4 is 5.91 Å². The largest absolute Gasteiger partial charge is 0.493 e. The van der Waals surface area contributed by atoms with Gasteiger partial charge in [0.05, 0.1) is 14.2 Å². The molecule has 0 bridgehead atoms. The maximum absolute atomic E-state index is 11.6. The predicted molar refractivity (Wildman–Crippen MR) is 88.6 cm³/mol. The molecule has 1 aromatic rings. The molecule has 0 heterocycles. The van der Waals surface area contributed by atoms with Crippen LogP contribution in [0.2, 0.25) is 0 Å².